The molecule has 2 aliphatic carbocycles. The Morgan fingerprint density at radius 2 is 2.30 bits per heavy atom. The quantitative estimate of drug-likeness (QED) is 0.872. The molecule has 2 aliphatic rings. The standard InChI is InChI=1S/C16H23N3O/c1-10-2-4-18-9-11(10)3-5-19-16(20)13-6-12-8-15(17)14(12)7-13/h2,4,9,12-15H,3,5-8,17H2,1H3,(H,19,20). The van der Waals surface area contributed by atoms with Crippen LogP contribution in [-0.2, 0) is 11.2 Å². The molecule has 2 saturated carbocycles. The van der Waals surface area contributed by atoms with E-state index in [1.807, 2.05) is 12.3 Å². The van der Waals surface area contributed by atoms with Gasteiger partial charge in [-0.05, 0) is 61.6 Å². The lowest BCUT2D eigenvalue weighted by Gasteiger charge is -2.37. The van der Waals surface area contributed by atoms with Gasteiger partial charge in [0.15, 0.2) is 0 Å². The predicted octanol–water partition coefficient (Wildman–Crippen LogP) is 1.42. The first-order valence-electron chi connectivity index (χ1n) is 7.58. The molecule has 3 rings (SSSR count). The fourth-order valence-corrected chi connectivity index (χ4v) is 3.72. The van der Waals surface area contributed by atoms with E-state index in [9.17, 15) is 4.79 Å². The maximum Gasteiger partial charge on any atom is 0.223 e. The number of carbonyl (C=O) groups is 1. The fourth-order valence-electron chi connectivity index (χ4n) is 3.72. The van der Waals surface area contributed by atoms with Crippen molar-refractivity contribution in [1.82, 2.24) is 10.3 Å². The van der Waals surface area contributed by atoms with Gasteiger partial charge in [0.25, 0.3) is 0 Å². The molecule has 0 spiro atoms. The molecule has 4 nitrogen and oxygen atoms in total. The maximum absolute atomic E-state index is 12.2. The second-order valence-electron chi connectivity index (χ2n) is 6.34. The van der Waals surface area contributed by atoms with E-state index in [4.69, 9.17) is 5.73 Å². The number of carbonyl (C=O) groups excluding carboxylic acids is 1. The van der Waals surface area contributed by atoms with Crippen molar-refractivity contribution in [2.45, 2.75) is 38.6 Å². The van der Waals surface area contributed by atoms with Crippen LogP contribution < -0.4 is 11.1 Å². The van der Waals surface area contributed by atoms with Crippen molar-refractivity contribution in [2.75, 3.05) is 6.54 Å². The van der Waals surface area contributed by atoms with E-state index in [-0.39, 0.29) is 11.8 Å². The number of pyridine rings is 1. The molecule has 2 fully saturated rings. The molecular formula is C16H23N3O. The van der Waals surface area contributed by atoms with Crippen LogP contribution in [0, 0.1) is 24.7 Å². The van der Waals surface area contributed by atoms with E-state index in [1.165, 1.54) is 11.1 Å². The number of rotatable bonds is 4. The van der Waals surface area contributed by atoms with Crippen LogP contribution in [0.2, 0.25) is 0 Å². The Labute approximate surface area is 120 Å². The molecule has 4 atom stereocenters. The van der Waals surface area contributed by atoms with Crippen molar-refractivity contribution in [3.63, 3.8) is 0 Å². The second-order valence-corrected chi connectivity index (χ2v) is 6.34. The van der Waals surface area contributed by atoms with E-state index in [0.717, 1.165) is 25.7 Å². The van der Waals surface area contributed by atoms with Crippen molar-refractivity contribution >= 4 is 5.91 Å². The Morgan fingerprint density at radius 3 is 3.00 bits per heavy atom. The SMILES string of the molecule is Cc1ccncc1CCNC(=O)C1CC2CC(N)C2C1. The lowest BCUT2D eigenvalue weighted by Crippen LogP contribution is -2.44. The molecule has 20 heavy (non-hydrogen) atoms. The van der Waals surface area contributed by atoms with E-state index >= 15 is 0 Å². The number of nitrogens with two attached hydrogens (primary N) is 1. The molecule has 1 aromatic rings. The van der Waals surface area contributed by atoms with Gasteiger partial charge in [0.1, 0.15) is 0 Å². The molecule has 1 aromatic heterocycles. The average Bonchev–Trinajstić information content (AvgIpc) is 2.78. The van der Waals surface area contributed by atoms with Crippen LogP contribution in [0.15, 0.2) is 18.5 Å². The smallest absolute Gasteiger partial charge is 0.223 e. The van der Waals surface area contributed by atoms with Gasteiger partial charge in [0, 0.05) is 30.9 Å². The van der Waals surface area contributed by atoms with E-state index in [2.05, 4.69) is 17.2 Å². The summed E-state index contributed by atoms with van der Waals surface area (Å²) >= 11 is 0. The molecule has 0 aliphatic heterocycles. The molecule has 0 saturated heterocycles. The van der Waals surface area contributed by atoms with Gasteiger partial charge in [-0.1, -0.05) is 0 Å². The normalized spacial score (nSPS) is 31.5. The number of nitrogens with one attached hydrogen (secondary N) is 1. The first kappa shape index (κ1) is 13.6. The molecule has 108 valence electrons. The molecule has 4 unspecified atom stereocenters. The Morgan fingerprint density at radius 1 is 1.45 bits per heavy atom. The number of amides is 1. The van der Waals surface area contributed by atoms with Crippen molar-refractivity contribution in [3.8, 4) is 0 Å². The Hall–Kier alpha value is -1.42. The number of hydrogen-bond acceptors (Lipinski definition) is 3. The number of nitrogens with zero attached hydrogens (tertiary/aromatic N) is 1. The van der Waals surface area contributed by atoms with E-state index < -0.39 is 0 Å². The molecule has 1 heterocycles. The molecule has 0 bridgehead atoms. The van der Waals surface area contributed by atoms with Gasteiger partial charge >= 0.3 is 0 Å². The first-order chi connectivity index (χ1) is 9.65. The molecule has 0 radical (unpaired) electrons. The minimum atomic E-state index is 0.188. The zero-order chi connectivity index (χ0) is 14.1. The summed E-state index contributed by atoms with van der Waals surface area (Å²) in [4.78, 5) is 16.3. The van der Waals surface area contributed by atoms with Crippen LogP contribution in [0.3, 0.4) is 0 Å². The summed E-state index contributed by atoms with van der Waals surface area (Å²) in [5.41, 5.74) is 8.43. The summed E-state index contributed by atoms with van der Waals surface area (Å²) in [6.07, 6.45) is 7.68. The third kappa shape index (κ3) is 2.57. The minimum absolute atomic E-state index is 0.188. The average molecular weight is 273 g/mol. The Kier molecular flexibility index (Phi) is 3.74. The highest BCUT2D eigenvalue weighted by molar-refractivity contribution is 5.79. The van der Waals surface area contributed by atoms with Crippen molar-refractivity contribution < 1.29 is 4.79 Å². The lowest BCUT2D eigenvalue weighted by atomic mass is 9.72. The van der Waals surface area contributed by atoms with Gasteiger partial charge in [-0.15, -0.1) is 0 Å². The van der Waals surface area contributed by atoms with Crippen LogP contribution in [0.25, 0.3) is 0 Å². The molecule has 4 heteroatoms. The van der Waals surface area contributed by atoms with Crippen LogP contribution in [0.4, 0.5) is 0 Å². The summed E-state index contributed by atoms with van der Waals surface area (Å²) in [6, 6.07) is 2.35. The minimum Gasteiger partial charge on any atom is -0.356 e. The summed E-state index contributed by atoms with van der Waals surface area (Å²) in [5.74, 6) is 1.72. The highest BCUT2D eigenvalue weighted by Gasteiger charge is 2.47. The summed E-state index contributed by atoms with van der Waals surface area (Å²) in [7, 11) is 0. The van der Waals surface area contributed by atoms with Gasteiger partial charge in [-0.2, -0.15) is 0 Å². The number of hydrogen-bond donors (Lipinski definition) is 2. The maximum atomic E-state index is 12.2. The first-order valence-corrected chi connectivity index (χ1v) is 7.58. The van der Waals surface area contributed by atoms with E-state index in [1.54, 1.807) is 6.20 Å². The highest BCUT2D eigenvalue weighted by Crippen LogP contribution is 2.48. The molecular weight excluding hydrogens is 250 g/mol. The number of aryl methyl sites for hydroxylation is 1. The zero-order valence-electron chi connectivity index (χ0n) is 12.0. The summed E-state index contributed by atoms with van der Waals surface area (Å²) < 4.78 is 0. The third-order valence-electron chi connectivity index (χ3n) is 5.09. The monoisotopic (exact) mass is 273 g/mol. The predicted molar refractivity (Wildman–Crippen MR) is 78.0 cm³/mol. The van der Waals surface area contributed by atoms with Crippen molar-refractivity contribution in [2.24, 2.45) is 23.5 Å². The fraction of sp³-hybridized carbons (Fsp3) is 0.625. The molecule has 1 amide bonds. The van der Waals surface area contributed by atoms with Crippen LogP contribution in [0.5, 0.6) is 0 Å². The van der Waals surface area contributed by atoms with Crippen LogP contribution in [0.1, 0.15) is 30.4 Å². The van der Waals surface area contributed by atoms with Gasteiger partial charge in [-0.3, -0.25) is 9.78 Å². The largest absolute Gasteiger partial charge is 0.356 e. The summed E-state index contributed by atoms with van der Waals surface area (Å²) in [5, 5.41) is 3.08. The van der Waals surface area contributed by atoms with Gasteiger partial charge < -0.3 is 11.1 Å². The van der Waals surface area contributed by atoms with Crippen molar-refractivity contribution in [3.05, 3.63) is 29.6 Å². The Bertz CT molecular complexity index is 502. The number of fused-ring (bicyclic) bond motifs is 1. The lowest BCUT2D eigenvalue weighted by molar-refractivity contribution is -0.124. The summed E-state index contributed by atoms with van der Waals surface area (Å²) in [6.45, 7) is 2.78. The zero-order valence-corrected chi connectivity index (χ0v) is 12.0. The van der Waals surface area contributed by atoms with E-state index in [0.29, 0.717) is 24.4 Å². The topological polar surface area (TPSA) is 68.0 Å². The van der Waals surface area contributed by atoms with Crippen LogP contribution >= 0.6 is 0 Å². The van der Waals surface area contributed by atoms with Gasteiger partial charge in [-0.25, -0.2) is 0 Å². The second kappa shape index (κ2) is 5.52. The van der Waals surface area contributed by atoms with Gasteiger partial charge in [0.05, 0.1) is 0 Å². The van der Waals surface area contributed by atoms with Crippen LogP contribution in [-0.4, -0.2) is 23.5 Å². The molecule has 3 N–H and O–H groups in total. The Balaban J connectivity index is 1.45. The van der Waals surface area contributed by atoms with Crippen molar-refractivity contribution in [1.29, 1.82) is 0 Å². The third-order valence-corrected chi connectivity index (χ3v) is 5.09. The highest BCUT2D eigenvalue weighted by atomic mass is 16.1. The number of aromatic nitrogens is 1. The molecule has 0 aromatic carbocycles. The van der Waals surface area contributed by atoms with Gasteiger partial charge in [0.2, 0.25) is 5.91 Å².